The third kappa shape index (κ3) is 4.20. The van der Waals surface area contributed by atoms with E-state index < -0.39 is 61.2 Å². The number of amides is 1. The number of rotatable bonds is 4. The number of ether oxygens (including phenoxy) is 3. The Balaban J connectivity index is 1.90. The maximum absolute atomic E-state index is 11.0. The number of nitrogens with one attached hydrogen (secondary N) is 1. The molecular formula is C13H23NO10. The fourth-order valence-corrected chi connectivity index (χ4v) is 2.59. The molecule has 2 aliphatic rings. The van der Waals surface area contributed by atoms with Crippen molar-refractivity contribution in [1.29, 1.82) is 0 Å². The standard InChI is InChI=1S/C13H23NO10/c1-4(15)14-7-10(19)9(18)6(24-12(7)21)3-23-13-11(20)8(17)5(16)2-22-13/h5-13,16-21H,2-3H2,1H3,(H,14,15)/t5-,6-,7-,8+,9-,10-,11-,12?,13+/m1/s1. The third-order valence-electron chi connectivity index (χ3n) is 3.97. The van der Waals surface area contributed by atoms with Crippen LogP contribution in [0.15, 0.2) is 0 Å². The number of hydrogen-bond donors (Lipinski definition) is 7. The highest BCUT2D eigenvalue weighted by molar-refractivity contribution is 5.73. The highest BCUT2D eigenvalue weighted by atomic mass is 16.7. The highest BCUT2D eigenvalue weighted by Crippen LogP contribution is 2.22. The largest absolute Gasteiger partial charge is 0.388 e. The smallest absolute Gasteiger partial charge is 0.217 e. The molecule has 2 rings (SSSR count). The van der Waals surface area contributed by atoms with E-state index in [9.17, 15) is 35.4 Å². The Morgan fingerprint density at radius 1 is 1.08 bits per heavy atom. The molecule has 0 aliphatic carbocycles. The van der Waals surface area contributed by atoms with Gasteiger partial charge in [0.1, 0.15) is 42.7 Å². The lowest BCUT2D eigenvalue weighted by atomic mass is 9.97. The predicted octanol–water partition coefficient (Wildman–Crippen LogP) is -4.61. The molecule has 9 atom stereocenters. The summed E-state index contributed by atoms with van der Waals surface area (Å²) < 4.78 is 15.3. The second-order valence-corrected chi connectivity index (χ2v) is 5.86. The molecule has 0 spiro atoms. The molecule has 24 heavy (non-hydrogen) atoms. The molecular weight excluding hydrogens is 330 g/mol. The van der Waals surface area contributed by atoms with Crippen molar-refractivity contribution in [2.75, 3.05) is 13.2 Å². The number of carbonyl (C=O) groups is 1. The first kappa shape index (κ1) is 19.4. The van der Waals surface area contributed by atoms with Gasteiger partial charge >= 0.3 is 0 Å². The lowest BCUT2D eigenvalue weighted by molar-refractivity contribution is -0.298. The molecule has 1 unspecified atom stereocenters. The second-order valence-electron chi connectivity index (χ2n) is 5.86. The summed E-state index contributed by atoms with van der Waals surface area (Å²) in [6, 6.07) is -1.21. The minimum Gasteiger partial charge on any atom is -0.388 e. The normalized spacial score (nSPS) is 46.5. The van der Waals surface area contributed by atoms with Gasteiger partial charge in [0.25, 0.3) is 0 Å². The van der Waals surface area contributed by atoms with Crippen LogP contribution in [0.5, 0.6) is 0 Å². The number of aliphatic hydroxyl groups is 6. The van der Waals surface area contributed by atoms with Gasteiger partial charge in [0, 0.05) is 6.92 Å². The van der Waals surface area contributed by atoms with Crippen molar-refractivity contribution in [1.82, 2.24) is 5.32 Å². The van der Waals surface area contributed by atoms with Crippen molar-refractivity contribution >= 4 is 5.91 Å². The molecule has 0 aromatic heterocycles. The average Bonchev–Trinajstić information content (AvgIpc) is 2.52. The van der Waals surface area contributed by atoms with Crippen molar-refractivity contribution in [2.45, 2.75) is 62.2 Å². The summed E-state index contributed by atoms with van der Waals surface area (Å²) in [7, 11) is 0. The minimum atomic E-state index is -1.58. The Kier molecular flexibility index (Phi) is 6.47. The fourth-order valence-electron chi connectivity index (χ4n) is 2.59. The monoisotopic (exact) mass is 353 g/mol. The topological polar surface area (TPSA) is 178 Å². The number of hydrogen-bond acceptors (Lipinski definition) is 10. The number of carbonyl (C=O) groups excluding carboxylic acids is 1. The van der Waals surface area contributed by atoms with E-state index in [1.165, 1.54) is 6.92 Å². The van der Waals surface area contributed by atoms with Crippen molar-refractivity contribution in [3.8, 4) is 0 Å². The summed E-state index contributed by atoms with van der Waals surface area (Å²) in [4.78, 5) is 11.0. The molecule has 0 bridgehead atoms. The first-order chi connectivity index (χ1) is 11.2. The van der Waals surface area contributed by atoms with Gasteiger partial charge in [0.05, 0.1) is 13.2 Å². The van der Waals surface area contributed by atoms with E-state index in [2.05, 4.69) is 5.32 Å². The van der Waals surface area contributed by atoms with Gasteiger partial charge in [-0.25, -0.2) is 0 Å². The van der Waals surface area contributed by atoms with Crippen LogP contribution < -0.4 is 5.32 Å². The van der Waals surface area contributed by atoms with Gasteiger partial charge in [-0.1, -0.05) is 0 Å². The molecule has 0 saturated carbocycles. The summed E-state index contributed by atoms with van der Waals surface area (Å²) in [6.07, 6.45) is -11.2. The van der Waals surface area contributed by atoms with Gasteiger partial charge in [0.2, 0.25) is 5.91 Å². The maximum atomic E-state index is 11.0. The molecule has 11 nitrogen and oxygen atoms in total. The molecule has 0 radical (unpaired) electrons. The summed E-state index contributed by atoms with van der Waals surface area (Å²) in [6.45, 7) is 0.544. The Morgan fingerprint density at radius 3 is 2.38 bits per heavy atom. The molecule has 2 saturated heterocycles. The first-order valence-corrected chi connectivity index (χ1v) is 7.46. The zero-order valence-electron chi connectivity index (χ0n) is 12.9. The van der Waals surface area contributed by atoms with Crippen LogP contribution in [0.3, 0.4) is 0 Å². The Bertz CT molecular complexity index is 437. The van der Waals surface area contributed by atoms with Gasteiger partial charge in [-0.15, -0.1) is 0 Å². The zero-order valence-corrected chi connectivity index (χ0v) is 12.9. The van der Waals surface area contributed by atoms with Gasteiger partial charge in [-0.3, -0.25) is 4.79 Å². The van der Waals surface area contributed by atoms with E-state index in [0.717, 1.165) is 0 Å². The van der Waals surface area contributed by atoms with Gasteiger partial charge in [-0.05, 0) is 0 Å². The van der Waals surface area contributed by atoms with Crippen molar-refractivity contribution in [2.24, 2.45) is 0 Å². The Morgan fingerprint density at radius 2 is 1.75 bits per heavy atom. The van der Waals surface area contributed by atoms with Crippen LogP contribution in [0.1, 0.15) is 6.92 Å². The molecule has 2 heterocycles. The van der Waals surface area contributed by atoms with Gasteiger partial charge < -0.3 is 50.2 Å². The van der Waals surface area contributed by atoms with Gasteiger partial charge in [-0.2, -0.15) is 0 Å². The molecule has 7 N–H and O–H groups in total. The van der Waals surface area contributed by atoms with E-state index in [1.807, 2.05) is 0 Å². The maximum Gasteiger partial charge on any atom is 0.217 e. The van der Waals surface area contributed by atoms with Crippen LogP contribution in [0.2, 0.25) is 0 Å². The van der Waals surface area contributed by atoms with Crippen LogP contribution in [-0.2, 0) is 19.0 Å². The first-order valence-electron chi connectivity index (χ1n) is 7.46. The Labute approximate surface area is 137 Å². The molecule has 1 amide bonds. The van der Waals surface area contributed by atoms with Crippen LogP contribution in [0.4, 0.5) is 0 Å². The summed E-state index contributed by atoms with van der Waals surface area (Å²) in [5.41, 5.74) is 0. The fraction of sp³-hybridized carbons (Fsp3) is 0.923. The van der Waals surface area contributed by atoms with E-state index in [0.29, 0.717) is 0 Å². The lowest BCUT2D eigenvalue weighted by Gasteiger charge is -2.41. The Hall–Kier alpha value is -0.890. The van der Waals surface area contributed by atoms with E-state index in [1.54, 1.807) is 0 Å². The number of aliphatic hydroxyl groups excluding tert-OH is 6. The van der Waals surface area contributed by atoms with Crippen LogP contribution in [0, 0.1) is 0 Å². The van der Waals surface area contributed by atoms with E-state index in [4.69, 9.17) is 14.2 Å². The van der Waals surface area contributed by atoms with E-state index >= 15 is 0 Å². The molecule has 0 aromatic rings. The summed E-state index contributed by atoms with van der Waals surface area (Å²) in [5.74, 6) is -0.519. The SMILES string of the molecule is CC(=O)N[C@H]1C(O)O[C@H](CO[C@@H]2OC[C@@H](O)[C@H](O)[C@H]2O)[C@@H](O)[C@@H]1O. The third-order valence-corrected chi connectivity index (χ3v) is 3.97. The molecule has 140 valence electrons. The van der Waals surface area contributed by atoms with Crippen molar-refractivity contribution in [3.05, 3.63) is 0 Å². The van der Waals surface area contributed by atoms with Crippen molar-refractivity contribution < 1.29 is 49.6 Å². The van der Waals surface area contributed by atoms with Crippen LogP contribution >= 0.6 is 0 Å². The molecule has 2 aliphatic heterocycles. The van der Waals surface area contributed by atoms with Gasteiger partial charge in [0.15, 0.2) is 12.6 Å². The highest BCUT2D eigenvalue weighted by Gasteiger charge is 2.45. The predicted molar refractivity (Wildman–Crippen MR) is 74.2 cm³/mol. The van der Waals surface area contributed by atoms with Crippen molar-refractivity contribution in [3.63, 3.8) is 0 Å². The molecule has 2 fully saturated rings. The molecule has 11 heteroatoms. The lowest BCUT2D eigenvalue weighted by Crippen LogP contribution is -2.64. The minimum absolute atomic E-state index is 0.257. The summed E-state index contributed by atoms with van der Waals surface area (Å²) >= 11 is 0. The quantitative estimate of drug-likeness (QED) is 0.260. The average molecular weight is 353 g/mol. The van der Waals surface area contributed by atoms with E-state index in [-0.39, 0.29) is 13.2 Å². The van der Waals surface area contributed by atoms with Crippen LogP contribution in [0.25, 0.3) is 0 Å². The second kappa shape index (κ2) is 7.99. The zero-order chi connectivity index (χ0) is 18.0. The summed E-state index contributed by atoms with van der Waals surface area (Å²) in [5, 5.41) is 60.7. The molecule has 0 aromatic carbocycles. The van der Waals surface area contributed by atoms with Crippen LogP contribution in [-0.4, -0.2) is 105 Å².